The number of hydrogen-bond donors (Lipinski definition) is 3. The zero-order valence-electron chi connectivity index (χ0n) is 18.8. The third-order valence-corrected chi connectivity index (χ3v) is 5.21. The molecule has 34 heavy (non-hydrogen) atoms. The minimum atomic E-state index is -1.03. The van der Waals surface area contributed by atoms with Crippen LogP contribution in [-0.2, 0) is 11.3 Å². The Labute approximate surface area is 195 Å². The summed E-state index contributed by atoms with van der Waals surface area (Å²) < 4.78 is 32.4. The molecule has 10 heteroatoms. The number of carbonyl (C=O) groups excluding carboxylic acids is 2. The van der Waals surface area contributed by atoms with Crippen LogP contribution in [0.5, 0.6) is 0 Å². The number of fused-ring (bicyclic) bond motifs is 1. The zero-order valence-corrected chi connectivity index (χ0v) is 18.8. The lowest BCUT2D eigenvalue weighted by Crippen LogP contribution is -2.47. The smallest absolute Gasteiger partial charge is 0.412 e. The molecule has 0 saturated heterocycles. The maximum absolute atomic E-state index is 13.8. The van der Waals surface area contributed by atoms with Gasteiger partial charge in [-0.05, 0) is 30.9 Å². The number of nitrogens with one attached hydrogen (secondary N) is 2. The summed E-state index contributed by atoms with van der Waals surface area (Å²) in [5, 5.41) is 16.7. The zero-order chi connectivity index (χ0) is 24.7. The molecule has 3 N–H and O–H groups in total. The summed E-state index contributed by atoms with van der Waals surface area (Å²) in [4.78, 5) is 30.2. The lowest BCUT2D eigenvalue weighted by molar-refractivity contribution is 0.0847. The van der Waals surface area contributed by atoms with Crippen molar-refractivity contribution in [1.82, 2.24) is 15.2 Å². The molecule has 0 fully saturated rings. The van der Waals surface area contributed by atoms with Gasteiger partial charge in [-0.3, -0.25) is 5.32 Å². The molecular weight excluding hydrogens is 446 g/mol. The number of hydrogen-bond acceptors (Lipinski definition) is 5. The number of anilines is 1. The Morgan fingerprint density at radius 3 is 2.62 bits per heavy atom. The van der Waals surface area contributed by atoms with Crippen LogP contribution in [0.3, 0.4) is 0 Å². The van der Waals surface area contributed by atoms with Crippen LogP contribution in [0.2, 0.25) is 0 Å². The van der Waals surface area contributed by atoms with Gasteiger partial charge >= 0.3 is 12.1 Å². The van der Waals surface area contributed by atoms with Gasteiger partial charge in [-0.15, -0.1) is 0 Å². The lowest BCUT2D eigenvalue weighted by atomic mass is 10.1. The van der Waals surface area contributed by atoms with Crippen molar-refractivity contribution in [2.45, 2.75) is 32.0 Å². The minimum absolute atomic E-state index is 0.00709. The Morgan fingerprint density at radius 1 is 1.15 bits per heavy atom. The maximum Gasteiger partial charge on any atom is 0.412 e. The SMILES string of the molecule is CC(O)C[C@@H](COC(=O)Nc1cc2ccccc2cn1)N(C)C(=O)NCc1cccc(F)c1F. The second-order valence-corrected chi connectivity index (χ2v) is 7.86. The van der Waals surface area contributed by atoms with E-state index < -0.39 is 35.9 Å². The van der Waals surface area contributed by atoms with E-state index in [9.17, 15) is 23.5 Å². The monoisotopic (exact) mass is 472 g/mol. The predicted octanol–water partition coefficient (Wildman–Crippen LogP) is 4.04. The number of aromatic nitrogens is 1. The van der Waals surface area contributed by atoms with E-state index >= 15 is 0 Å². The van der Waals surface area contributed by atoms with E-state index in [1.165, 1.54) is 24.1 Å². The molecule has 3 rings (SSSR count). The maximum atomic E-state index is 13.8. The largest absolute Gasteiger partial charge is 0.447 e. The van der Waals surface area contributed by atoms with Crippen molar-refractivity contribution in [2.24, 2.45) is 0 Å². The van der Waals surface area contributed by atoms with E-state index in [0.29, 0.717) is 5.82 Å². The summed E-state index contributed by atoms with van der Waals surface area (Å²) in [7, 11) is 1.45. The van der Waals surface area contributed by atoms with E-state index in [-0.39, 0.29) is 25.1 Å². The number of aliphatic hydroxyl groups excluding tert-OH is 1. The summed E-state index contributed by atoms with van der Waals surface area (Å²) in [5.74, 6) is -1.74. The molecule has 3 amide bonds. The summed E-state index contributed by atoms with van der Waals surface area (Å²) in [6.45, 7) is 1.10. The predicted molar refractivity (Wildman–Crippen MR) is 123 cm³/mol. The van der Waals surface area contributed by atoms with E-state index in [1.807, 2.05) is 24.3 Å². The van der Waals surface area contributed by atoms with Crippen LogP contribution in [0.4, 0.5) is 24.2 Å². The van der Waals surface area contributed by atoms with E-state index in [4.69, 9.17) is 4.74 Å². The third kappa shape index (κ3) is 6.61. The van der Waals surface area contributed by atoms with Crippen molar-refractivity contribution in [3.63, 3.8) is 0 Å². The Bertz CT molecular complexity index is 1160. The normalized spacial score (nSPS) is 12.6. The Kier molecular flexibility index (Phi) is 8.31. The molecule has 0 aliphatic heterocycles. The molecular formula is C24H26F2N4O4. The van der Waals surface area contributed by atoms with Crippen LogP contribution in [0, 0.1) is 11.6 Å². The van der Waals surface area contributed by atoms with Crippen LogP contribution in [0.1, 0.15) is 18.9 Å². The molecule has 2 aromatic carbocycles. The van der Waals surface area contributed by atoms with Crippen molar-refractivity contribution in [2.75, 3.05) is 19.0 Å². The summed E-state index contributed by atoms with van der Waals surface area (Å²) in [6.07, 6.45) is 0.198. The first-order valence-corrected chi connectivity index (χ1v) is 10.6. The quantitative estimate of drug-likeness (QED) is 0.459. The molecule has 2 atom stereocenters. The van der Waals surface area contributed by atoms with Gasteiger partial charge in [-0.1, -0.05) is 36.4 Å². The van der Waals surface area contributed by atoms with Gasteiger partial charge in [0.25, 0.3) is 0 Å². The molecule has 0 bridgehead atoms. The molecule has 0 saturated carbocycles. The van der Waals surface area contributed by atoms with Crippen molar-refractivity contribution >= 4 is 28.7 Å². The molecule has 180 valence electrons. The van der Waals surface area contributed by atoms with Gasteiger partial charge < -0.3 is 20.1 Å². The van der Waals surface area contributed by atoms with Crippen LogP contribution in [-0.4, -0.2) is 52.9 Å². The number of nitrogens with zero attached hydrogens (tertiary/aromatic N) is 2. The van der Waals surface area contributed by atoms with Crippen LogP contribution in [0.25, 0.3) is 10.8 Å². The number of halogens is 2. The lowest BCUT2D eigenvalue weighted by Gasteiger charge is -2.29. The highest BCUT2D eigenvalue weighted by molar-refractivity contribution is 5.89. The van der Waals surface area contributed by atoms with Crippen molar-refractivity contribution in [3.8, 4) is 0 Å². The first-order chi connectivity index (χ1) is 16.2. The van der Waals surface area contributed by atoms with Gasteiger partial charge in [0.2, 0.25) is 0 Å². The number of likely N-dealkylation sites (N-methyl/N-ethyl adjacent to an activating group) is 1. The highest BCUT2D eigenvalue weighted by atomic mass is 19.2. The van der Waals surface area contributed by atoms with Gasteiger partial charge in [0.05, 0.1) is 12.1 Å². The standard InChI is InChI=1S/C24H26F2N4O4/c1-15(31)10-19(30(2)23(32)28-13-18-8-5-9-20(25)22(18)26)14-34-24(33)29-21-11-16-6-3-4-7-17(16)12-27-21/h3-9,11-12,15,19,31H,10,13-14H2,1-2H3,(H,28,32)(H,27,29,33)/t15?,19-/m0/s1. The molecule has 0 aliphatic carbocycles. The van der Waals surface area contributed by atoms with E-state index in [2.05, 4.69) is 15.6 Å². The van der Waals surface area contributed by atoms with Gasteiger partial charge in [0.1, 0.15) is 12.4 Å². The molecule has 8 nitrogen and oxygen atoms in total. The number of rotatable bonds is 8. The molecule has 1 unspecified atom stereocenters. The second-order valence-electron chi connectivity index (χ2n) is 7.86. The van der Waals surface area contributed by atoms with Crippen molar-refractivity contribution < 1.29 is 28.2 Å². The molecule has 1 aromatic heterocycles. The minimum Gasteiger partial charge on any atom is -0.447 e. The first kappa shape index (κ1) is 24.8. The number of urea groups is 1. The summed E-state index contributed by atoms with van der Waals surface area (Å²) in [5.41, 5.74) is -0.00709. The van der Waals surface area contributed by atoms with Crippen LogP contribution >= 0.6 is 0 Å². The third-order valence-electron chi connectivity index (χ3n) is 5.21. The molecule has 0 aliphatic rings. The number of benzene rings is 2. The Morgan fingerprint density at radius 2 is 1.88 bits per heavy atom. The molecule has 1 heterocycles. The fourth-order valence-electron chi connectivity index (χ4n) is 3.34. The van der Waals surface area contributed by atoms with E-state index in [0.717, 1.165) is 16.8 Å². The topological polar surface area (TPSA) is 104 Å². The second kappa shape index (κ2) is 11.4. The van der Waals surface area contributed by atoms with Gasteiger partial charge in [0.15, 0.2) is 11.6 Å². The van der Waals surface area contributed by atoms with Gasteiger partial charge in [-0.2, -0.15) is 0 Å². The molecule has 3 aromatic rings. The Hall–Kier alpha value is -3.79. The summed E-state index contributed by atoms with van der Waals surface area (Å²) in [6, 6.07) is 11.7. The highest BCUT2D eigenvalue weighted by Crippen LogP contribution is 2.16. The van der Waals surface area contributed by atoms with Gasteiger partial charge in [0, 0.05) is 30.7 Å². The van der Waals surface area contributed by atoms with E-state index in [1.54, 1.807) is 19.2 Å². The van der Waals surface area contributed by atoms with Crippen LogP contribution < -0.4 is 10.6 Å². The fourth-order valence-corrected chi connectivity index (χ4v) is 3.34. The fraction of sp³-hybridized carbons (Fsp3) is 0.292. The number of aliphatic hydroxyl groups is 1. The average molecular weight is 472 g/mol. The number of pyridine rings is 1. The number of ether oxygens (including phenoxy) is 1. The molecule has 0 spiro atoms. The first-order valence-electron chi connectivity index (χ1n) is 10.6. The van der Waals surface area contributed by atoms with Gasteiger partial charge in [-0.25, -0.2) is 23.4 Å². The van der Waals surface area contributed by atoms with Crippen LogP contribution in [0.15, 0.2) is 54.7 Å². The van der Waals surface area contributed by atoms with Crippen molar-refractivity contribution in [1.29, 1.82) is 0 Å². The average Bonchev–Trinajstić information content (AvgIpc) is 2.81. The molecule has 0 radical (unpaired) electrons. The Balaban J connectivity index is 1.57. The number of carbonyl (C=O) groups is 2. The number of amides is 3. The summed E-state index contributed by atoms with van der Waals surface area (Å²) >= 11 is 0. The highest BCUT2D eigenvalue weighted by Gasteiger charge is 2.24. The van der Waals surface area contributed by atoms with Crippen molar-refractivity contribution in [3.05, 3.63) is 71.9 Å².